The zero-order valence-electron chi connectivity index (χ0n) is 14.9. The smallest absolute Gasteiger partial charge is 0.233 e. The van der Waals surface area contributed by atoms with Gasteiger partial charge in [0.15, 0.2) is 5.13 Å². The van der Waals surface area contributed by atoms with Crippen LogP contribution < -0.4 is 4.90 Å². The molecule has 0 saturated carbocycles. The highest BCUT2D eigenvalue weighted by Crippen LogP contribution is 2.31. The van der Waals surface area contributed by atoms with Crippen LogP contribution in [0.2, 0.25) is 0 Å². The largest absolute Gasteiger partial charge is 0.288 e. The number of aromatic nitrogens is 1. The molecule has 0 fully saturated rings. The lowest BCUT2D eigenvalue weighted by molar-refractivity contribution is -0.117. The fraction of sp³-hybridized carbons (Fsp3) is 0.182. The predicted octanol–water partition coefficient (Wildman–Crippen LogP) is 5.35. The SMILES string of the molecule is CCN(C(=O)Cc1cccc2ccccc12)c1nc2c(C)cccc2s1. The highest BCUT2D eigenvalue weighted by Gasteiger charge is 2.19. The Bertz CT molecular complexity index is 1090. The molecule has 0 saturated heterocycles. The third-order valence-corrected chi connectivity index (χ3v) is 5.72. The minimum Gasteiger partial charge on any atom is -0.288 e. The molecule has 0 N–H and O–H groups in total. The van der Waals surface area contributed by atoms with Crippen molar-refractivity contribution in [2.75, 3.05) is 11.4 Å². The molecule has 0 aliphatic carbocycles. The summed E-state index contributed by atoms with van der Waals surface area (Å²) in [6.07, 6.45) is 0.379. The van der Waals surface area contributed by atoms with Crippen molar-refractivity contribution in [3.05, 3.63) is 71.8 Å². The van der Waals surface area contributed by atoms with E-state index in [2.05, 4.69) is 37.3 Å². The predicted molar refractivity (Wildman–Crippen MR) is 110 cm³/mol. The summed E-state index contributed by atoms with van der Waals surface area (Å²) in [6, 6.07) is 20.5. The summed E-state index contributed by atoms with van der Waals surface area (Å²) in [6.45, 7) is 4.67. The van der Waals surface area contributed by atoms with Gasteiger partial charge in [-0.15, -0.1) is 0 Å². The number of amides is 1. The normalized spacial score (nSPS) is 11.2. The second-order valence-electron chi connectivity index (χ2n) is 6.37. The first-order chi connectivity index (χ1) is 12.7. The summed E-state index contributed by atoms with van der Waals surface area (Å²) < 4.78 is 1.12. The molecular weight excluding hydrogens is 340 g/mol. The van der Waals surface area contributed by atoms with Crippen LogP contribution in [-0.2, 0) is 11.2 Å². The van der Waals surface area contributed by atoms with Crippen molar-refractivity contribution >= 4 is 43.4 Å². The average molecular weight is 360 g/mol. The van der Waals surface area contributed by atoms with Crippen molar-refractivity contribution in [2.45, 2.75) is 20.3 Å². The standard InChI is InChI=1S/C22H20N2OS/c1-3-24(22-23-21-15(2)8-6-13-19(21)26-22)20(25)14-17-11-7-10-16-9-4-5-12-18(16)17/h4-13H,3,14H2,1-2H3. The maximum Gasteiger partial charge on any atom is 0.233 e. The van der Waals surface area contributed by atoms with Gasteiger partial charge in [0.2, 0.25) is 5.91 Å². The van der Waals surface area contributed by atoms with Crippen LogP contribution in [0.1, 0.15) is 18.1 Å². The monoisotopic (exact) mass is 360 g/mol. The van der Waals surface area contributed by atoms with E-state index in [1.807, 2.05) is 37.3 Å². The van der Waals surface area contributed by atoms with Gasteiger partial charge < -0.3 is 0 Å². The van der Waals surface area contributed by atoms with Crippen LogP contribution in [0.25, 0.3) is 21.0 Å². The molecule has 1 aromatic heterocycles. The lowest BCUT2D eigenvalue weighted by Crippen LogP contribution is -2.31. The summed E-state index contributed by atoms with van der Waals surface area (Å²) in [5, 5.41) is 3.08. The molecule has 0 unspecified atom stereocenters. The highest BCUT2D eigenvalue weighted by molar-refractivity contribution is 7.22. The molecule has 4 rings (SSSR count). The number of rotatable bonds is 4. The van der Waals surface area contributed by atoms with Gasteiger partial charge in [0, 0.05) is 6.54 Å². The molecule has 0 radical (unpaired) electrons. The number of hydrogen-bond donors (Lipinski definition) is 0. The van der Waals surface area contributed by atoms with Gasteiger partial charge in [-0.25, -0.2) is 4.98 Å². The van der Waals surface area contributed by atoms with Gasteiger partial charge >= 0.3 is 0 Å². The fourth-order valence-electron chi connectivity index (χ4n) is 3.31. The van der Waals surface area contributed by atoms with Crippen LogP contribution in [0.4, 0.5) is 5.13 Å². The van der Waals surface area contributed by atoms with E-state index in [9.17, 15) is 4.79 Å². The lowest BCUT2D eigenvalue weighted by Gasteiger charge is -2.18. The van der Waals surface area contributed by atoms with Gasteiger partial charge in [-0.05, 0) is 41.8 Å². The van der Waals surface area contributed by atoms with Crippen LogP contribution in [0.3, 0.4) is 0 Å². The summed E-state index contributed by atoms with van der Waals surface area (Å²) in [5.41, 5.74) is 3.19. The average Bonchev–Trinajstić information content (AvgIpc) is 3.08. The maximum absolute atomic E-state index is 13.0. The molecule has 0 aliphatic heterocycles. The topological polar surface area (TPSA) is 33.2 Å². The number of carbonyl (C=O) groups excluding carboxylic acids is 1. The van der Waals surface area contributed by atoms with E-state index in [0.29, 0.717) is 13.0 Å². The Morgan fingerprint density at radius 2 is 1.81 bits per heavy atom. The number of nitrogens with zero attached hydrogens (tertiary/aromatic N) is 2. The molecule has 3 nitrogen and oxygen atoms in total. The van der Waals surface area contributed by atoms with Crippen LogP contribution in [0.5, 0.6) is 0 Å². The van der Waals surface area contributed by atoms with Crippen molar-refractivity contribution in [1.82, 2.24) is 4.98 Å². The van der Waals surface area contributed by atoms with E-state index in [4.69, 9.17) is 4.98 Å². The molecule has 0 bridgehead atoms. The first-order valence-corrected chi connectivity index (χ1v) is 9.62. The first-order valence-electron chi connectivity index (χ1n) is 8.80. The van der Waals surface area contributed by atoms with Gasteiger partial charge in [0.05, 0.1) is 16.6 Å². The van der Waals surface area contributed by atoms with E-state index < -0.39 is 0 Å². The molecule has 26 heavy (non-hydrogen) atoms. The zero-order valence-corrected chi connectivity index (χ0v) is 15.7. The van der Waals surface area contributed by atoms with Crippen LogP contribution >= 0.6 is 11.3 Å². The van der Waals surface area contributed by atoms with Gasteiger partial charge in [0.25, 0.3) is 0 Å². The number of anilines is 1. The number of carbonyl (C=O) groups is 1. The van der Waals surface area contributed by atoms with Crippen LogP contribution in [0.15, 0.2) is 60.7 Å². The molecule has 0 aliphatic rings. The van der Waals surface area contributed by atoms with Crippen molar-refractivity contribution < 1.29 is 4.79 Å². The Labute approximate surface area is 156 Å². The Hall–Kier alpha value is -2.72. The van der Waals surface area contributed by atoms with E-state index in [1.165, 1.54) is 0 Å². The molecule has 4 aromatic rings. The summed E-state index contributed by atoms with van der Waals surface area (Å²) in [5.74, 6) is 0.0839. The highest BCUT2D eigenvalue weighted by atomic mass is 32.1. The Morgan fingerprint density at radius 1 is 1.04 bits per heavy atom. The number of benzene rings is 3. The van der Waals surface area contributed by atoms with Crippen molar-refractivity contribution in [1.29, 1.82) is 0 Å². The first kappa shape index (κ1) is 16.7. The van der Waals surface area contributed by atoms with Crippen LogP contribution in [0, 0.1) is 6.92 Å². The van der Waals surface area contributed by atoms with Crippen LogP contribution in [-0.4, -0.2) is 17.4 Å². The molecule has 3 aromatic carbocycles. The zero-order chi connectivity index (χ0) is 18.1. The Kier molecular flexibility index (Phi) is 4.43. The van der Waals surface area contributed by atoms with E-state index >= 15 is 0 Å². The van der Waals surface area contributed by atoms with Crippen molar-refractivity contribution in [3.8, 4) is 0 Å². The molecule has 4 heteroatoms. The van der Waals surface area contributed by atoms with E-state index in [0.717, 1.165) is 37.2 Å². The minimum absolute atomic E-state index is 0.0839. The number of aryl methyl sites for hydroxylation is 1. The summed E-state index contributed by atoms with van der Waals surface area (Å²) >= 11 is 1.58. The number of para-hydroxylation sites is 1. The van der Waals surface area contributed by atoms with Gasteiger partial charge in [-0.3, -0.25) is 9.69 Å². The lowest BCUT2D eigenvalue weighted by atomic mass is 10.0. The second kappa shape index (κ2) is 6.89. The Morgan fingerprint density at radius 3 is 2.62 bits per heavy atom. The third kappa shape index (κ3) is 2.97. The quantitative estimate of drug-likeness (QED) is 0.491. The van der Waals surface area contributed by atoms with E-state index in [1.54, 1.807) is 16.2 Å². The molecule has 1 heterocycles. The maximum atomic E-state index is 13.0. The summed E-state index contributed by atoms with van der Waals surface area (Å²) in [7, 11) is 0. The van der Waals surface area contributed by atoms with Crippen molar-refractivity contribution in [2.24, 2.45) is 0 Å². The van der Waals surface area contributed by atoms with Gasteiger partial charge in [-0.1, -0.05) is 65.9 Å². The molecular formula is C22H20N2OS. The molecule has 0 spiro atoms. The summed E-state index contributed by atoms with van der Waals surface area (Å²) in [4.78, 5) is 19.6. The number of thiazole rings is 1. The minimum atomic E-state index is 0.0839. The molecule has 0 atom stereocenters. The van der Waals surface area contributed by atoms with Crippen molar-refractivity contribution in [3.63, 3.8) is 0 Å². The number of likely N-dealkylation sites (N-methyl/N-ethyl adjacent to an activating group) is 1. The van der Waals surface area contributed by atoms with Gasteiger partial charge in [0.1, 0.15) is 0 Å². The number of fused-ring (bicyclic) bond motifs is 2. The fourth-order valence-corrected chi connectivity index (χ4v) is 4.44. The number of hydrogen-bond acceptors (Lipinski definition) is 3. The van der Waals surface area contributed by atoms with Gasteiger partial charge in [-0.2, -0.15) is 0 Å². The second-order valence-corrected chi connectivity index (χ2v) is 7.38. The van der Waals surface area contributed by atoms with E-state index in [-0.39, 0.29) is 5.91 Å². The molecule has 130 valence electrons. The third-order valence-electron chi connectivity index (χ3n) is 4.68. The Balaban J connectivity index is 1.67. The molecule has 1 amide bonds.